The molecule has 0 aliphatic carbocycles. The Morgan fingerprint density at radius 1 is 0.667 bits per heavy atom. The Balaban J connectivity index is 1.47. The number of benzene rings is 4. The highest BCUT2D eigenvalue weighted by Crippen LogP contribution is 2.43. The third-order valence-electron chi connectivity index (χ3n) is 6.52. The van der Waals surface area contributed by atoms with E-state index in [4.69, 9.17) is 19.4 Å². The first kappa shape index (κ1) is 19.5. The number of nitrogens with zero attached hydrogens (tertiary/aromatic N) is 3. The number of fused-ring (bicyclic) bond motifs is 4. The summed E-state index contributed by atoms with van der Waals surface area (Å²) in [4.78, 5) is 21.7. The molecule has 0 atom stereocenters. The van der Waals surface area contributed by atoms with Gasteiger partial charge in [0, 0.05) is 33.8 Å². The molecule has 170 valence electrons. The summed E-state index contributed by atoms with van der Waals surface area (Å²) in [6.45, 7) is 0. The lowest BCUT2D eigenvalue weighted by Crippen LogP contribution is -1.90. The summed E-state index contributed by atoms with van der Waals surface area (Å²) >= 11 is 1.68. The molecule has 0 fully saturated rings. The monoisotopic (exact) mass is 483 g/mol. The molecule has 0 aliphatic rings. The minimum absolute atomic E-state index is 0.560. The smallest absolute Gasteiger partial charge is 0.228 e. The zero-order valence-corrected chi connectivity index (χ0v) is 19.6. The van der Waals surface area contributed by atoms with E-state index < -0.39 is 0 Å². The minimum atomic E-state index is 0.560. The van der Waals surface area contributed by atoms with Gasteiger partial charge >= 0.3 is 0 Å². The van der Waals surface area contributed by atoms with Crippen LogP contribution in [0.4, 0.5) is 0 Å². The van der Waals surface area contributed by atoms with Crippen molar-refractivity contribution >= 4 is 54.6 Å². The Labute approximate surface area is 208 Å². The zero-order chi connectivity index (χ0) is 23.6. The normalized spacial score (nSPS) is 11.9. The van der Waals surface area contributed by atoms with E-state index in [1.165, 1.54) is 0 Å². The van der Waals surface area contributed by atoms with E-state index >= 15 is 0 Å². The largest absolute Gasteiger partial charge is 0.436 e. The number of hydrogen-bond acceptors (Lipinski definition) is 5. The van der Waals surface area contributed by atoms with Gasteiger partial charge in [-0.2, -0.15) is 0 Å². The molecule has 6 nitrogen and oxygen atoms in total. The molecular formula is C29H17N5OS. The van der Waals surface area contributed by atoms with E-state index in [0.29, 0.717) is 5.89 Å². The maximum Gasteiger partial charge on any atom is 0.228 e. The van der Waals surface area contributed by atoms with Crippen molar-refractivity contribution in [3.05, 3.63) is 91.1 Å². The quantitative estimate of drug-likeness (QED) is 0.269. The first-order valence-corrected chi connectivity index (χ1v) is 12.4. The molecule has 0 saturated heterocycles. The second-order valence-electron chi connectivity index (χ2n) is 8.69. The van der Waals surface area contributed by atoms with Crippen molar-refractivity contribution in [2.75, 3.05) is 0 Å². The van der Waals surface area contributed by atoms with Crippen molar-refractivity contribution in [1.29, 1.82) is 0 Å². The standard InChI is InChI=1S/C29H17N5OS/c1-2-8-19-18(7-1)31-27(32-19)26-16(28-33-20-9-3-5-11-23(20)35-28)13-14-22-25(26)17(15-30-22)29-34-21-10-4-6-12-24(21)36-29/h1-15,30H,(H,31,32). The number of oxazole rings is 1. The van der Waals surface area contributed by atoms with Gasteiger partial charge in [-0.1, -0.05) is 36.4 Å². The van der Waals surface area contributed by atoms with E-state index in [-0.39, 0.29) is 0 Å². The second-order valence-corrected chi connectivity index (χ2v) is 9.72. The first-order valence-electron chi connectivity index (χ1n) is 11.6. The number of aromatic nitrogens is 5. The molecule has 36 heavy (non-hydrogen) atoms. The van der Waals surface area contributed by atoms with Crippen LogP contribution in [-0.4, -0.2) is 24.9 Å². The average molecular weight is 484 g/mol. The molecule has 0 saturated carbocycles. The van der Waals surface area contributed by atoms with Crippen LogP contribution in [0.5, 0.6) is 0 Å². The van der Waals surface area contributed by atoms with Crippen molar-refractivity contribution < 1.29 is 4.42 Å². The summed E-state index contributed by atoms with van der Waals surface area (Å²) < 4.78 is 7.39. The Morgan fingerprint density at radius 3 is 2.33 bits per heavy atom. The van der Waals surface area contributed by atoms with Crippen LogP contribution in [0.25, 0.3) is 76.7 Å². The summed E-state index contributed by atoms with van der Waals surface area (Å²) in [6.07, 6.45) is 2.03. The summed E-state index contributed by atoms with van der Waals surface area (Å²) in [5.74, 6) is 1.33. The molecule has 4 aromatic carbocycles. The predicted molar refractivity (Wildman–Crippen MR) is 145 cm³/mol. The topological polar surface area (TPSA) is 83.4 Å². The van der Waals surface area contributed by atoms with Gasteiger partial charge in [-0.05, 0) is 48.5 Å². The lowest BCUT2D eigenvalue weighted by molar-refractivity contribution is 0.620. The van der Waals surface area contributed by atoms with Crippen LogP contribution in [0, 0.1) is 0 Å². The molecule has 0 bridgehead atoms. The third-order valence-corrected chi connectivity index (χ3v) is 7.59. The first-order chi connectivity index (χ1) is 17.8. The molecule has 0 radical (unpaired) electrons. The molecule has 8 rings (SSSR count). The SMILES string of the molecule is c1ccc2[nH]c(-c3c(-c4nc5ccccc5o4)ccc4[nH]cc(-c5nc6ccccc6s5)c34)nc2c1. The number of thiazole rings is 1. The molecule has 4 aromatic heterocycles. The van der Waals surface area contributed by atoms with E-state index in [1.807, 2.05) is 79.0 Å². The third kappa shape index (κ3) is 2.87. The Hall–Kier alpha value is -4.75. The Bertz CT molecular complexity index is 1980. The lowest BCUT2D eigenvalue weighted by Gasteiger charge is -2.08. The van der Waals surface area contributed by atoms with Crippen LogP contribution in [0.2, 0.25) is 0 Å². The van der Waals surface area contributed by atoms with Gasteiger partial charge in [-0.3, -0.25) is 0 Å². The zero-order valence-electron chi connectivity index (χ0n) is 18.8. The summed E-state index contributed by atoms with van der Waals surface area (Å²) in [5, 5.41) is 1.99. The van der Waals surface area contributed by atoms with E-state index in [0.717, 1.165) is 70.8 Å². The molecule has 7 heteroatoms. The van der Waals surface area contributed by atoms with Crippen LogP contribution < -0.4 is 0 Å². The molecule has 8 aromatic rings. The fraction of sp³-hybridized carbons (Fsp3) is 0. The van der Waals surface area contributed by atoms with Crippen molar-refractivity contribution in [2.45, 2.75) is 0 Å². The van der Waals surface area contributed by atoms with E-state index in [1.54, 1.807) is 11.3 Å². The van der Waals surface area contributed by atoms with Gasteiger partial charge in [-0.25, -0.2) is 15.0 Å². The van der Waals surface area contributed by atoms with Gasteiger partial charge in [0.15, 0.2) is 5.58 Å². The number of nitrogens with one attached hydrogen (secondary N) is 2. The van der Waals surface area contributed by atoms with Crippen LogP contribution in [0.3, 0.4) is 0 Å². The summed E-state index contributed by atoms with van der Waals surface area (Å²) in [5.41, 5.74) is 8.29. The van der Waals surface area contributed by atoms with Crippen LogP contribution in [-0.2, 0) is 0 Å². The van der Waals surface area contributed by atoms with Gasteiger partial charge in [0.05, 0.1) is 21.3 Å². The van der Waals surface area contributed by atoms with Gasteiger partial charge < -0.3 is 14.4 Å². The van der Waals surface area contributed by atoms with Gasteiger partial charge in [0.25, 0.3) is 0 Å². The second kappa shape index (κ2) is 7.37. The summed E-state index contributed by atoms with van der Waals surface area (Å²) in [6, 6.07) is 28.2. The number of hydrogen-bond donors (Lipinski definition) is 2. The highest BCUT2D eigenvalue weighted by molar-refractivity contribution is 7.21. The summed E-state index contributed by atoms with van der Waals surface area (Å²) in [7, 11) is 0. The van der Waals surface area contributed by atoms with Gasteiger partial charge in [-0.15, -0.1) is 11.3 Å². The van der Waals surface area contributed by atoms with Crippen LogP contribution in [0.1, 0.15) is 0 Å². The van der Waals surface area contributed by atoms with Crippen molar-refractivity contribution in [3.63, 3.8) is 0 Å². The fourth-order valence-corrected chi connectivity index (χ4v) is 5.85. The van der Waals surface area contributed by atoms with Crippen molar-refractivity contribution in [2.24, 2.45) is 0 Å². The number of rotatable bonds is 3. The molecule has 0 unspecified atom stereocenters. The molecule has 2 N–H and O–H groups in total. The molecule has 0 amide bonds. The van der Waals surface area contributed by atoms with E-state index in [2.05, 4.69) is 22.1 Å². The fourth-order valence-electron chi connectivity index (χ4n) is 4.86. The lowest BCUT2D eigenvalue weighted by atomic mass is 9.99. The van der Waals surface area contributed by atoms with Gasteiger partial charge in [0.2, 0.25) is 5.89 Å². The molecular weight excluding hydrogens is 466 g/mol. The minimum Gasteiger partial charge on any atom is -0.436 e. The van der Waals surface area contributed by atoms with Crippen molar-refractivity contribution in [3.8, 4) is 33.4 Å². The maximum atomic E-state index is 6.23. The number of H-pyrrole nitrogens is 2. The van der Waals surface area contributed by atoms with Crippen molar-refractivity contribution in [1.82, 2.24) is 24.9 Å². The maximum absolute atomic E-state index is 6.23. The highest BCUT2D eigenvalue weighted by atomic mass is 32.1. The average Bonchev–Trinajstić information content (AvgIpc) is 3.70. The van der Waals surface area contributed by atoms with E-state index in [9.17, 15) is 0 Å². The number of para-hydroxylation sites is 5. The van der Waals surface area contributed by atoms with Gasteiger partial charge in [0.1, 0.15) is 16.3 Å². The number of aromatic amines is 2. The van der Waals surface area contributed by atoms with Crippen LogP contribution in [0.15, 0.2) is 95.5 Å². The molecule has 0 spiro atoms. The highest BCUT2D eigenvalue weighted by Gasteiger charge is 2.23. The molecule has 4 heterocycles. The van der Waals surface area contributed by atoms with Crippen LogP contribution >= 0.6 is 11.3 Å². The Morgan fingerprint density at radius 2 is 1.47 bits per heavy atom. The molecule has 0 aliphatic heterocycles. The number of imidazole rings is 1. The Kier molecular flexibility index (Phi) is 4.00. The predicted octanol–water partition coefficient (Wildman–Crippen LogP) is 7.80.